The fraction of sp³-hybridized carbons (Fsp3) is 0.769. The minimum absolute atomic E-state index is 0.144. The Morgan fingerprint density at radius 1 is 1.43 bits per heavy atom. The summed E-state index contributed by atoms with van der Waals surface area (Å²) in [5.41, 5.74) is 1.46. The molecule has 1 fully saturated rings. The highest BCUT2D eigenvalue weighted by atomic mass is 14.5. The number of rotatable bonds is 4. The Bertz CT molecular complexity index is 211. The third-order valence-corrected chi connectivity index (χ3v) is 4.00. The average molecular weight is 193 g/mol. The molecule has 1 aliphatic carbocycles. The van der Waals surface area contributed by atoms with Gasteiger partial charge in [0.2, 0.25) is 0 Å². The molecule has 1 saturated carbocycles. The Morgan fingerprint density at radius 3 is 2.43 bits per heavy atom. The fourth-order valence-corrected chi connectivity index (χ4v) is 2.63. The molecule has 0 aromatic carbocycles. The molecule has 0 amide bonds. The Balaban J connectivity index is 2.76. The van der Waals surface area contributed by atoms with Crippen LogP contribution in [-0.2, 0) is 0 Å². The number of hydrogen-bond acceptors (Lipinski definition) is 1. The summed E-state index contributed by atoms with van der Waals surface area (Å²) in [4.78, 5) is 0. The third-order valence-electron chi connectivity index (χ3n) is 4.00. The summed E-state index contributed by atoms with van der Waals surface area (Å²) in [6.45, 7) is 8.56. The molecule has 1 atom stereocenters. The van der Waals surface area contributed by atoms with Gasteiger partial charge in [-0.1, -0.05) is 45.3 Å². The summed E-state index contributed by atoms with van der Waals surface area (Å²) in [5.74, 6) is 0.491. The van der Waals surface area contributed by atoms with Crippen LogP contribution >= 0.6 is 0 Å². The quantitative estimate of drug-likeness (QED) is 0.511. The first-order chi connectivity index (χ1) is 6.66. The van der Waals surface area contributed by atoms with Crippen LogP contribution < -0.4 is 0 Å². The first kappa shape index (κ1) is 11.5. The van der Waals surface area contributed by atoms with Gasteiger partial charge in [-0.05, 0) is 25.2 Å². The van der Waals surface area contributed by atoms with Crippen molar-refractivity contribution in [2.24, 2.45) is 11.3 Å². The summed E-state index contributed by atoms with van der Waals surface area (Å²) < 4.78 is 0. The molecule has 1 nitrogen and oxygen atoms in total. The molecule has 1 rings (SSSR count). The minimum Gasteiger partial charge on any atom is -0.313 e. The number of nitrogens with one attached hydrogen (secondary N) is 1. The molecule has 0 aliphatic heterocycles. The van der Waals surface area contributed by atoms with Gasteiger partial charge in [0.05, 0.1) is 0 Å². The summed E-state index contributed by atoms with van der Waals surface area (Å²) >= 11 is 0. The molecule has 0 saturated heterocycles. The van der Waals surface area contributed by atoms with E-state index >= 15 is 0 Å². The summed E-state index contributed by atoms with van der Waals surface area (Å²) in [6, 6.07) is 0. The Morgan fingerprint density at radius 2 is 2.00 bits per heavy atom. The van der Waals surface area contributed by atoms with Gasteiger partial charge in [-0.25, -0.2) is 0 Å². The van der Waals surface area contributed by atoms with E-state index in [1.807, 2.05) is 0 Å². The van der Waals surface area contributed by atoms with Gasteiger partial charge in [-0.3, -0.25) is 0 Å². The summed E-state index contributed by atoms with van der Waals surface area (Å²) in [5, 5.41) is 7.68. The van der Waals surface area contributed by atoms with Crippen LogP contribution in [0.1, 0.15) is 52.4 Å². The molecule has 1 N–H and O–H groups in total. The second kappa shape index (κ2) is 4.77. The maximum Gasteiger partial charge on any atom is 0.0112 e. The highest BCUT2D eigenvalue weighted by molar-refractivity contribution is 5.63. The summed E-state index contributed by atoms with van der Waals surface area (Å²) in [7, 11) is 0. The first-order valence-electron chi connectivity index (χ1n) is 5.85. The molecular formula is C13H23N. The lowest BCUT2D eigenvalue weighted by atomic mass is 9.65. The molecule has 1 heteroatoms. The zero-order chi connectivity index (χ0) is 10.6. The maximum absolute atomic E-state index is 7.68. The first-order valence-corrected chi connectivity index (χ1v) is 5.85. The van der Waals surface area contributed by atoms with Crippen molar-refractivity contribution in [3.8, 4) is 0 Å². The van der Waals surface area contributed by atoms with E-state index in [2.05, 4.69) is 20.4 Å². The van der Waals surface area contributed by atoms with Crippen LogP contribution in [-0.4, -0.2) is 6.21 Å². The van der Waals surface area contributed by atoms with Crippen LogP contribution in [0.25, 0.3) is 0 Å². The van der Waals surface area contributed by atoms with E-state index in [4.69, 9.17) is 5.41 Å². The van der Waals surface area contributed by atoms with E-state index in [0.29, 0.717) is 5.92 Å². The van der Waals surface area contributed by atoms with E-state index in [1.165, 1.54) is 37.7 Å². The van der Waals surface area contributed by atoms with E-state index in [1.54, 1.807) is 6.21 Å². The maximum atomic E-state index is 7.68. The van der Waals surface area contributed by atoms with Crippen molar-refractivity contribution in [1.29, 1.82) is 5.41 Å². The van der Waals surface area contributed by atoms with Gasteiger partial charge in [0.1, 0.15) is 0 Å². The lowest BCUT2D eigenvalue weighted by Gasteiger charge is -2.39. The summed E-state index contributed by atoms with van der Waals surface area (Å²) in [6.07, 6.45) is 9.07. The zero-order valence-electron chi connectivity index (χ0n) is 9.60. The van der Waals surface area contributed by atoms with Gasteiger partial charge in [-0.2, -0.15) is 0 Å². The molecular weight excluding hydrogens is 170 g/mol. The molecule has 0 aromatic heterocycles. The molecule has 0 radical (unpaired) electrons. The molecule has 80 valence electrons. The van der Waals surface area contributed by atoms with E-state index in [0.717, 1.165) is 6.42 Å². The lowest BCUT2D eigenvalue weighted by molar-refractivity contribution is 0.221. The van der Waals surface area contributed by atoms with Gasteiger partial charge in [0.15, 0.2) is 0 Å². The topological polar surface area (TPSA) is 23.9 Å². The van der Waals surface area contributed by atoms with Gasteiger partial charge in [0.25, 0.3) is 0 Å². The van der Waals surface area contributed by atoms with Crippen LogP contribution in [0.15, 0.2) is 12.2 Å². The Labute approximate surface area is 88.1 Å². The van der Waals surface area contributed by atoms with Gasteiger partial charge >= 0.3 is 0 Å². The Kier molecular flexibility index (Phi) is 3.91. The van der Waals surface area contributed by atoms with Crippen molar-refractivity contribution < 1.29 is 0 Å². The predicted molar refractivity (Wildman–Crippen MR) is 62.9 cm³/mol. The molecule has 0 bridgehead atoms. The second-order valence-electron chi connectivity index (χ2n) is 4.67. The van der Waals surface area contributed by atoms with Crippen molar-refractivity contribution >= 4 is 6.21 Å². The average Bonchev–Trinajstić information content (AvgIpc) is 2.28. The van der Waals surface area contributed by atoms with Crippen LogP contribution in [0.4, 0.5) is 0 Å². The van der Waals surface area contributed by atoms with Crippen molar-refractivity contribution in [2.45, 2.75) is 52.4 Å². The minimum atomic E-state index is 0.144. The van der Waals surface area contributed by atoms with Crippen LogP contribution in [0.2, 0.25) is 0 Å². The monoisotopic (exact) mass is 193 g/mol. The van der Waals surface area contributed by atoms with Crippen molar-refractivity contribution in [3.05, 3.63) is 12.2 Å². The smallest absolute Gasteiger partial charge is 0.0112 e. The fourth-order valence-electron chi connectivity index (χ4n) is 2.63. The van der Waals surface area contributed by atoms with Crippen LogP contribution in [0.5, 0.6) is 0 Å². The van der Waals surface area contributed by atoms with E-state index in [9.17, 15) is 0 Å². The van der Waals surface area contributed by atoms with Crippen LogP contribution in [0.3, 0.4) is 0 Å². The Hall–Kier alpha value is -0.590. The van der Waals surface area contributed by atoms with Crippen molar-refractivity contribution in [3.63, 3.8) is 0 Å². The third kappa shape index (κ3) is 2.08. The van der Waals surface area contributed by atoms with E-state index in [-0.39, 0.29) is 5.41 Å². The number of hydrogen-bond donors (Lipinski definition) is 1. The standard InChI is InChI=1S/C13H23N/c1-4-11(2)12(3)13(10-14)8-6-5-7-9-13/h10,12,14H,2,4-9H2,1,3H3. The number of allylic oxidation sites excluding steroid dienone is 1. The molecule has 0 aromatic rings. The SMILES string of the molecule is C=C(CC)C(C)C1(C=N)CCCCC1. The predicted octanol–water partition coefficient (Wildman–Crippen LogP) is 4.19. The normalized spacial score (nSPS) is 22.7. The van der Waals surface area contributed by atoms with Gasteiger partial charge in [0, 0.05) is 11.6 Å². The van der Waals surface area contributed by atoms with Crippen LogP contribution in [0, 0.1) is 16.7 Å². The largest absolute Gasteiger partial charge is 0.313 e. The molecule has 1 aliphatic rings. The lowest BCUT2D eigenvalue weighted by Crippen LogP contribution is -2.33. The highest BCUT2D eigenvalue weighted by Crippen LogP contribution is 2.43. The van der Waals surface area contributed by atoms with Crippen molar-refractivity contribution in [1.82, 2.24) is 0 Å². The molecule has 0 heterocycles. The van der Waals surface area contributed by atoms with Gasteiger partial charge in [-0.15, -0.1) is 0 Å². The molecule has 14 heavy (non-hydrogen) atoms. The van der Waals surface area contributed by atoms with Crippen molar-refractivity contribution in [2.75, 3.05) is 0 Å². The highest BCUT2D eigenvalue weighted by Gasteiger charge is 2.36. The zero-order valence-corrected chi connectivity index (χ0v) is 9.60. The molecule has 1 unspecified atom stereocenters. The van der Waals surface area contributed by atoms with Gasteiger partial charge < -0.3 is 5.41 Å². The second-order valence-corrected chi connectivity index (χ2v) is 4.67. The molecule has 0 spiro atoms. The van der Waals surface area contributed by atoms with E-state index < -0.39 is 0 Å².